The summed E-state index contributed by atoms with van der Waals surface area (Å²) in [5.41, 5.74) is 3.45. The molecule has 0 atom stereocenters. The van der Waals surface area contributed by atoms with Gasteiger partial charge in [0.05, 0.1) is 0 Å². The molecule has 5 heteroatoms. The molecule has 0 bridgehead atoms. The number of aryl methyl sites for hydroxylation is 2. The van der Waals surface area contributed by atoms with Gasteiger partial charge in [-0.25, -0.2) is 0 Å². The van der Waals surface area contributed by atoms with Crippen LogP contribution in [0.5, 0.6) is 11.5 Å². The van der Waals surface area contributed by atoms with E-state index in [1.165, 1.54) is 0 Å². The Bertz CT molecular complexity index is 1100. The molecule has 0 radical (unpaired) electrons. The van der Waals surface area contributed by atoms with Gasteiger partial charge in [-0.05, 0) is 66.9 Å². The molecule has 0 unspecified atom stereocenters. The summed E-state index contributed by atoms with van der Waals surface area (Å²) in [6, 6.07) is 24.5. The van der Waals surface area contributed by atoms with Crippen LogP contribution in [-0.4, -0.2) is 19.1 Å². The van der Waals surface area contributed by atoms with Crippen molar-refractivity contribution in [2.75, 3.05) is 18.5 Å². The Morgan fingerprint density at radius 3 is 2.23 bits per heavy atom. The predicted octanol–water partition coefficient (Wildman–Crippen LogP) is 5.31. The summed E-state index contributed by atoms with van der Waals surface area (Å²) >= 11 is 0. The number of hydrogen-bond donors (Lipinski definition) is 1. The number of nitrogens with one attached hydrogen (secondary N) is 1. The number of nitrogens with zero attached hydrogens (tertiary/aromatic N) is 1. The standard InChI is InChI=1S/C26H24N2O3/c1-19-8-9-20(2)25(16-19)28-26(29)22(18-27)17-21-10-12-24(13-11-21)31-15-14-30-23-6-4-3-5-7-23/h3-13,16-17H,14-15H2,1-2H3,(H,28,29)/b22-17+. The number of ether oxygens (including phenoxy) is 2. The molecule has 0 spiro atoms. The fourth-order valence-electron chi connectivity index (χ4n) is 2.87. The number of anilines is 1. The monoisotopic (exact) mass is 412 g/mol. The van der Waals surface area contributed by atoms with Crippen LogP contribution in [0.25, 0.3) is 6.08 Å². The molecule has 0 aliphatic heterocycles. The highest BCUT2D eigenvalue weighted by Crippen LogP contribution is 2.19. The van der Waals surface area contributed by atoms with Gasteiger partial charge in [-0.3, -0.25) is 4.79 Å². The van der Waals surface area contributed by atoms with Gasteiger partial charge in [0.25, 0.3) is 5.91 Å². The molecule has 3 aromatic rings. The first kappa shape index (κ1) is 21.7. The molecule has 0 aliphatic rings. The van der Waals surface area contributed by atoms with Crippen molar-refractivity contribution >= 4 is 17.7 Å². The Balaban J connectivity index is 1.56. The van der Waals surface area contributed by atoms with Crippen molar-refractivity contribution in [2.24, 2.45) is 0 Å². The number of benzene rings is 3. The quantitative estimate of drug-likeness (QED) is 0.309. The zero-order chi connectivity index (χ0) is 22.1. The summed E-state index contributed by atoms with van der Waals surface area (Å²) in [4.78, 5) is 12.5. The summed E-state index contributed by atoms with van der Waals surface area (Å²) in [5, 5.41) is 12.2. The van der Waals surface area contributed by atoms with E-state index in [9.17, 15) is 10.1 Å². The fourth-order valence-corrected chi connectivity index (χ4v) is 2.87. The van der Waals surface area contributed by atoms with E-state index in [4.69, 9.17) is 9.47 Å². The molecule has 1 N–H and O–H groups in total. The molecular formula is C26H24N2O3. The van der Waals surface area contributed by atoms with Gasteiger partial charge in [0.15, 0.2) is 0 Å². The smallest absolute Gasteiger partial charge is 0.266 e. The van der Waals surface area contributed by atoms with Crippen LogP contribution < -0.4 is 14.8 Å². The second kappa shape index (κ2) is 10.7. The lowest BCUT2D eigenvalue weighted by Gasteiger charge is -2.09. The van der Waals surface area contributed by atoms with Crippen LogP contribution in [0.3, 0.4) is 0 Å². The minimum atomic E-state index is -0.436. The molecule has 31 heavy (non-hydrogen) atoms. The van der Waals surface area contributed by atoms with E-state index in [-0.39, 0.29) is 5.57 Å². The number of rotatable bonds is 8. The second-order valence-electron chi connectivity index (χ2n) is 7.02. The maximum Gasteiger partial charge on any atom is 0.266 e. The molecule has 3 aromatic carbocycles. The van der Waals surface area contributed by atoms with E-state index in [0.717, 1.165) is 22.4 Å². The molecule has 1 amide bonds. The van der Waals surface area contributed by atoms with Crippen LogP contribution in [0.1, 0.15) is 16.7 Å². The largest absolute Gasteiger partial charge is 0.490 e. The maximum absolute atomic E-state index is 12.5. The predicted molar refractivity (Wildman–Crippen MR) is 122 cm³/mol. The summed E-state index contributed by atoms with van der Waals surface area (Å²) < 4.78 is 11.3. The highest BCUT2D eigenvalue weighted by molar-refractivity contribution is 6.10. The average Bonchev–Trinajstić information content (AvgIpc) is 2.79. The van der Waals surface area contributed by atoms with Crippen LogP contribution in [0, 0.1) is 25.2 Å². The minimum absolute atomic E-state index is 0.0332. The molecule has 0 fully saturated rings. The molecule has 0 aromatic heterocycles. The molecule has 5 nitrogen and oxygen atoms in total. The third kappa shape index (κ3) is 6.48. The van der Waals surface area contributed by atoms with Gasteiger partial charge in [-0.2, -0.15) is 5.26 Å². The molecule has 0 aliphatic carbocycles. The van der Waals surface area contributed by atoms with Gasteiger partial charge in [0.2, 0.25) is 0 Å². The summed E-state index contributed by atoms with van der Waals surface area (Å²) in [6.45, 7) is 4.70. The van der Waals surface area contributed by atoms with Crippen LogP contribution in [0.2, 0.25) is 0 Å². The van der Waals surface area contributed by atoms with Gasteiger partial charge in [0.1, 0.15) is 36.4 Å². The first-order valence-corrected chi connectivity index (χ1v) is 9.96. The van der Waals surface area contributed by atoms with Crippen molar-refractivity contribution in [3.63, 3.8) is 0 Å². The second-order valence-corrected chi connectivity index (χ2v) is 7.02. The van der Waals surface area contributed by atoms with Crippen molar-refractivity contribution in [1.82, 2.24) is 0 Å². The maximum atomic E-state index is 12.5. The number of para-hydroxylation sites is 1. The minimum Gasteiger partial charge on any atom is -0.490 e. The van der Waals surface area contributed by atoms with Crippen LogP contribution >= 0.6 is 0 Å². The third-order valence-corrected chi connectivity index (χ3v) is 4.56. The highest BCUT2D eigenvalue weighted by Gasteiger charge is 2.11. The Hall–Kier alpha value is -4.04. The third-order valence-electron chi connectivity index (χ3n) is 4.56. The lowest BCUT2D eigenvalue weighted by molar-refractivity contribution is -0.112. The molecule has 0 saturated heterocycles. The van der Waals surface area contributed by atoms with Crippen molar-refractivity contribution in [2.45, 2.75) is 13.8 Å². The zero-order valence-electron chi connectivity index (χ0n) is 17.6. The number of amides is 1. The molecule has 0 saturated carbocycles. The van der Waals surface area contributed by atoms with Crippen molar-refractivity contribution in [1.29, 1.82) is 5.26 Å². The van der Waals surface area contributed by atoms with Crippen LogP contribution in [-0.2, 0) is 4.79 Å². The van der Waals surface area contributed by atoms with E-state index in [1.54, 1.807) is 30.3 Å². The van der Waals surface area contributed by atoms with Crippen molar-refractivity contribution in [3.05, 3.63) is 95.1 Å². The van der Waals surface area contributed by atoms with Gasteiger partial charge in [0, 0.05) is 5.69 Å². The Morgan fingerprint density at radius 2 is 1.58 bits per heavy atom. The Kier molecular flexibility index (Phi) is 7.45. The van der Waals surface area contributed by atoms with Crippen LogP contribution in [0.4, 0.5) is 5.69 Å². The lowest BCUT2D eigenvalue weighted by atomic mass is 10.1. The van der Waals surface area contributed by atoms with Crippen molar-refractivity contribution < 1.29 is 14.3 Å². The Morgan fingerprint density at radius 1 is 0.935 bits per heavy atom. The summed E-state index contributed by atoms with van der Waals surface area (Å²) in [6.07, 6.45) is 1.56. The highest BCUT2D eigenvalue weighted by atomic mass is 16.5. The fraction of sp³-hybridized carbons (Fsp3) is 0.154. The topological polar surface area (TPSA) is 71.4 Å². The molecule has 0 heterocycles. The number of carbonyl (C=O) groups excluding carboxylic acids is 1. The lowest BCUT2D eigenvalue weighted by Crippen LogP contribution is -2.14. The van der Waals surface area contributed by atoms with Crippen molar-refractivity contribution in [3.8, 4) is 17.6 Å². The van der Waals surface area contributed by atoms with Crippen LogP contribution in [0.15, 0.2) is 78.4 Å². The number of carbonyl (C=O) groups is 1. The van der Waals surface area contributed by atoms with E-state index < -0.39 is 5.91 Å². The van der Waals surface area contributed by atoms with Gasteiger partial charge >= 0.3 is 0 Å². The average molecular weight is 412 g/mol. The molecular weight excluding hydrogens is 388 g/mol. The number of hydrogen-bond acceptors (Lipinski definition) is 4. The van der Waals surface area contributed by atoms with Gasteiger partial charge < -0.3 is 14.8 Å². The zero-order valence-corrected chi connectivity index (χ0v) is 17.6. The van der Waals surface area contributed by atoms with E-state index in [1.807, 2.05) is 68.4 Å². The van der Waals surface area contributed by atoms with Gasteiger partial charge in [-0.1, -0.05) is 42.5 Å². The SMILES string of the molecule is Cc1ccc(C)c(NC(=O)/C(C#N)=C/c2ccc(OCCOc3ccccc3)cc2)c1. The number of nitriles is 1. The van der Waals surface area contributed by atoms with E-state index >= 15 is 0 Å². The summed E-state index contributed by atoms with van der Waals surface area (Å²) in [7, 11) is 0. The molecule has 156 valence electrons. The van der Waals surface area contributed by atoms with E-state index in [2.05, 4.69) is 5.32 Å². The Labute approximate surface area is 182 Å². The first-order valence-electron chi connectivity index (χ1n) is 9.96. The van der Waals surface area contributed by atoms with E-state index in [0.29, 0.717) is 24.7 Å². The summed E-state index contributed by atoms with van der Waals surface area (Å²) in [5.74, 6) is 1.05. The first-order chi connectivity index (χ1) is 15.0. The van der Waals surface area contributed by atoms with Gasteiger partial charge in [-0.15, -0.1) is 0 Å². The normalized spacial score (nSPS) is 10.8. The molecule has 3 rings (SSSR count).